The van der Waals surface area contributed by atoms with E-state index in [4.69, 9.17) is 0 Å². The van der Waals surface area contributed by atoms with Crippen LogP contribution in [0.25, 0.3) is 0 Å². The molecule has 5 heteroatoms. The van der Waals surface area contributed by atoms with Crippen LogP contribution in [0.4, 0.5) is 0 Å². The summed E-state index contributed by atoms with van der Waals surface area (Å²) in [5.41, 5.74) is 0. The van der Waals surface area contributed by atoms with Crippen molar-refractivity contribution >= 4 is 9.84 Å². The molecule has 1 heterocycles. The highest BCUT2D eigenvalue weighted by Crippen LogP contribution is 2.32. The first kappa shape index (κ1) is 11.9. The molecule has 0 bridgehead atoms. The third kappa shape index (κ3) is 2.68. The molecule has 84 valence electrons. The van der Waals surface area contributed by atoms with Crippen molar-refractivity contribution in [2.24, 2.45) is 17.8 Å². The lowest BCUT2D eigenvalue weighted by atomic mass is 9.82. The van der Waals surface area contributed by atoms with E-state index in [0.29, 0.717) is 6.42 Å². The van der Waals surface area contributed by atoms with Crippen molar-refractivity contribution in [3.05, 3.63) is 0 Å². The van der Waals surface area contributed by atoms with Crippen molar-refractivity contribution in [2.45, 2.75) is 26.6 Å². The van der Waals surface area contributed by atoms with Crippen LogP contribution in [0, 0.1) is 17.8 Å². The molecule has 1 rings (SSSR count). The molecule has 2 unspecified atom stereocenters. The van der Waals surface area contributed by atoms with Crippen LogP contribution in [-0.2, 0) is 9.84 Å². The number of sulfone groups is 1. The zero-order valence-corrected chi connectivity index (χ0v) is 9.37. The molecule has 1 aliphatic rings. The predicted octanol–water partition coefficient (Wildman–Crippen LogP) is 0.00400. The minimum absolute atomic E-state index is 0.0910. The van der Waals surface area contributed by atoms with Crippen molar-refractivity contribution < 1.29 is 18.6 Å². The quantitative estimate of drug-likeness (QED) is 0.659. The van der Waals surface area contributed by atoms with E-state index >= 15 is 0 Å². The Balaban J connectivity index is 2.73. The van der Waals surface area contributed by atoms with Gasteiger partial charge in [-0.2, -0.15) is 0 Å². The second-order valence-corrected chi connectivity index (χ2v) is 6.63. The molecule has 0 spiro atoms. The van der Waals surface area contributed by atoms with Gasteiger partial charge in [-0.3, -0.25) is 0 Å². The van der Waals surface area contributed by atoms with Gasteiger partial charge in [-0.1, -0.05) is 13.8 Å². The Morgan fingerprint density at radius 1 is 1.29 bits per heavy atom. The van der Waals surface area contributed by atoms with Gasteiger partial charge in [0.15, 0.2) is 16.1 Å². The fourth-order valence-electron chi connectivity index (χ4n) is 2.26. The van der Waals surface area contributed by atoms with Crippen LogP contribution in [0.2, 0.25) is 0 Å². The van der Waals surface area contributed by atoms with E-state index in [1.54, 1.807) is 0 Å². The van der Waals surface area contributed by atoms with E-state index in [9.17, 15) is 18.6 Å². The fraction of sp³-hybridized carbons (Fsp3) is 1.00. The van der Waals surface area contributed by atoms with E-state index < -0.39 is 16.1 Å². The molecule has 4 nitrogen and oxygen atoms in total. The minimum Gasteiger partial charge on any atom is -0.368 e. The average molecular weight is 222 g/mol. The van der Waals surface area contributed by atoms with E-state index in [1.807, 2.05) is 13.8 Å². The summed E-state index contributed by atoms with van der Waals surface area (Å²) in [7, 11) is -2.93. The number of hydrogen-bond donors (Lipinski definition) is 2. The van der Waals surface area contributed by atoms with Crippen LogP contribution in [0.15, 0.2) is 0 Å². The van der Waals surface area contributed by atoms with Crippen molar-refractivity contribution in [3.8, 4) is 0 Å². The van der Waals surface area contributed by atoms with E-state index in [1.165, 1.54) is 0 Å². The normalized spacial score (nSPS) is 28.6. The number of hydrogen-bond acceptors (Lipinski definition) is 4. The summed E-state index contributed by atoms with van der Waals surface area (Å²) in [6, 6.07) is 0. The standard InChI is InChI=1S/C9H18O4S/c1-6(2)8(9(10)11)7-3-4-14(12,13)5-7/h6-11H,3-5H2,1-2H3. The molecular formula is C9H18O4S. The average Bonchev–Trinajstić information content (AvgIpc) is 2.28. The second-order valence-electron chi connectivity index (χ2n) is 4.40. The molecule has 0 aromatic carbocycles. The summed E-state index contributed by atoms with van der Waals surface area (Å²) in [5.74, 6) is -0.0401. The van der Waals surface area contributed by atoms with Gasteiger partial charge < -0.3 is 10.2 Å². The first-order valence-corrected chi connectivity index (χ1v) is 6.72. The maximum atomic E-state index is 11.2. The van der Waals surface area contributed by atoms with Crippen LogP contribution in [0.5, 0.6) is 0 Å². The number of aliphatic hydroxyl groups excluding tert-OH is 1. The van der Waals surface area contributed by atoms with Gasteiger partial charge in [-0.15, -0.1) is 0 Å². The van der Waals surface area contributed by atoms with Gasteiger partial charge in [0, 0.05) is 5.92 Å². The third-order valence-corrected chi connectivity index (χ3v) is 4.72. The SMILES string of the molecule is CC(C)C(C(O)O)C1CCS(=O)(=O)C1. The van der Waals surface area contributed by atoms with Gasteiger partial charge in [0.25, 0.3) is 0 Å². The molecule has 0 aromatic heterocycles. The number of rotatable bonds is 3. The Labute approximate surface area is 84.9 Å². The third-order valence-electron chi connectivity index (χ3n) is 2.93. The Bertz CT molecular complexity index is 273. The Hall–Kier alpha value is -0.130. The lowest BCUT2D eigenvalue weighted by Crippen LogP contribution is -2.32. The molecule has 0 radical (unpaired) electrons. The Morgan fingerprint density at radius 3 is 2.14 bits per heavy atom. The summed E-state index contributed by atoms with van der Waals surface area (Å²) < 4.78 is 22.5. The Morgan fingerprint density at radius 2 is 1.86 bits per heavy atom. The van der Waals surface area contributed by atoms with Crippen molar-refractivity contribution in [3.63, 3.8) is 0 Å². The molecule has 14 heavy (non-hydrogen) atoms. The summed E-state index contributed by atoms with van der Waals surface area (Å²) in [5, 5.41) is 18.3. The molecule has 0 aliphatic carbocycles. The fourth-order valence-corrected chi connectivity index (χ4v) is 4.13. The highest BCUT2D eigenvalue weighted by molar-refractivity contribution is 7.91. The highest BCUT2D eigenvalue weighted by atomic mass is 32.2. The van der Waals surface area contributed by atoms with Crippen LogP contribution in [0.3, 0.4) is 0 Å². The van der Waals surface area contributed by atoms with Crippen LogP contribution in [-0.4, -0.2) is 36.4 Å². The molecule has 1 saturated heterocycles. The summed E-state index contributed by atoms with van der Waals surface area (Å²) >= 11 is 0. The van der Waals surface area contributed by atoms with Crippen LogP contribution >= 0.6 is 0 Å². The maximum Gasteiger partial charge on any atom is 0.154 e. The summed E-state index contributed by atoms with van der Waals surface area (Å²) in [4.78, 5) is 0. The maximum absolute atomic E-state index is 11.2. The largest absolute Gasteiger partial charge is 0.368 e. The molecule has 0 amide bonds. The lowest BCUT2D eigenvalue weighted by molar-refractivity contribution is -0.111. The molecule has 2 N–H and O–H groups in total. The zero-order valence-electron chi connectivity index (χ0n) is 8.55. The Kier molecular flexibility index (Phi) is 3.55. The van der Waals surface area contributed by atoms with Gasteiger partial charge in [-0.05, 0) is 18.3 Å². The smallest absolute Gasteiger partial charge is 0.154 e. The second kappa shape index (κ2) is 4.16. The first-order valence-electron chi connectivity index (χ1n) is 4.90. The van der Waals surface area contributed by atoms with E-state index in [2.05, 4.69) is 0 Å². The van der Waals surface area contributed by atoms with Crippen molar-refractivity contribution in [1.82, 2.24) is 0 Å². The minimum atomic E-state index is -2.93. The molecule has 1 aliphatic heterocycles. The van der Waals surface area contributed by atoms with Gasteiger partial charge >= 0.3 is 0 Å². The van der Waals surface area contributed by atoms with Crippen LogP contribution < -0.4 is 0 Å². The molecule has 0 aromatic rings. The zero-order chi connectivity index (χ0) is 10.9. The summed E-state index contributed by atoms with van der Waals surface area (Å²) in [6.45, 7) is 3.77. The van der Waals surface area contributed by atoms with Crippen molar-refractivity contribution in [1.29, 1.82) is 0 Å². The van der Waals surface area contributed by atoms with Gasteiger partial charge in [0.05, 0.1) is 11.5 Å². The predicted molar refractivity (Wildman–Crippen MR) is 53.3 cm³/mol. The molecular weight excluding hydrogens is 204 g/mol. The molecule has 0 saturated carbocycles. The lowest BCUT2D eigenvalue weighted by Gasteiger charge is -2.27. The van der Waals surface area contributed by atoms with E-state index in [-0.39, 0.29) is 29.3 Å². The number of aliphatic hydroxyl groups is 2. The molecule has 2 atom stereocenters. The van der Waals surface area contributed by atoms with Crippen molar-refractivity contribution in [2.75, 3.05) is 11.5 Å². The van der Waals surface area contributed by atoms with Gasteiger partial charge in [0.1, 0.15) is 0 Å². The van der Waals surface area contributed by atoms with Gasteiger partial charge in [0.2, 0.25) is 0 Å². The highest BCUT2D eigenvalue weighted by Gasteiger charge is 2.37. The first-order chi connectivity index (χ1) is 6.33. The van der Waals surface area contributed by atoms with Gasteiger partial charge in [-0.25, -0.2) is 8.42 Å². The molecule has 1 fully saturated rings. The van der Waals surface area contributed by atoms with E-state index in [0.717, 1.165) is 0 Å². The topological polar surface area (TPSA) is 74.6 Å². The summed E-state index contributed by atoms with van der Waals surface area (Å²) in [6.07, 6.45) is -0.851. The monoisotopic (exact) mass is 222 g/mol. The van der Waals surface area contributed by atoms with Crippen LogP contribution in [0.1, 0.15) is 20.3 Å².